The van der Waals surface area contributed by atoms with E-state index in [2.05, 4.69) is 31.9 Å². The fourth-order valence-electron chi connectivity index (χ4n) is 7.41. The molecule has 3 aliphatic rings. The van der Waals surface area contributed by atoms with E-state index in [4.69, 9.17) is 11.6 Å². The Morgan fingerprint density at radius 1 is 0.873 bits per heavy atom. The highest BCUT2D eigenvalue weighted by Crippen LogP contribution is 2.27. The molecule has 1 aromatic heterocycles. The summed E-state index contributed by atoms with van der Waals surface area (Å²) in [7, 11) is 0. The molecular weight excluding hydrogens is 750 g/mol. The summed E-state index contributed by atoms with van der Waals surface area (Å²) in [5.41, 5.74) is 0.673. The van der Waals surface area contributed by atoms with Crippen molar-refractivity contribution in [3.05, 3.63) is 57.2 Å². The lowest BCUT2D eigenvalue weighted by Crippen LogP contribution is -2.61. The molecule has 1 unspecified atom stereocenters. The molecule has 2 aliphatic heterocycles. The first-order valence-corrected chi connectivity index (χ1v) is 19.9. The maximum absolute atomic E-state index is 14.6. The zero-order chi connectivity index (χ0) is 40.0. The molecule has 2 saturated heterocycles. The van der Waals surface area contributed by atoms with Crippen LogP contribution in [0, 0.1) is 11.8 Å². The van der Waals surface area contributed by atoms with Gasteiger partial charge in [0.2, 0.25) is 35.4 Å². The normalized spacial score (nSPS) is 29.0. The summed E-state index contributed by atoms with van der Waals surface area (Å²) in [5, 5.41) is 27.4. The highest BCUT2D eigenvalue weighted by Gasteiger charge is 2.45. The number of hydrogen-bond donors (Lipinski definition) is 7. The van der Waals surface area contributed by atoms with Crippen LogP contribution in [0.3, 0.4) is 0 Å². The predicted molar refractivity (Wildman–Crippen MR) is 205 cm³/mol. The van der Waals surface area contributed by atoms with Crippen molar-refractivity contribution in [2.24, 2.45) is 11.8 Å². The number of carbonyl (C=O) groups excluding carboxylic acids is 7. The number of nitrogens with zero attached hydrogens (tertiary/aromatic N) is 1. The van der Waals surface area contributed by atoms with Crippen molar-refractivity contribution in [1.82, 2.24) is 36.8 Å². The minimum Gasteiger partial charge on any atom is -0.391 e. The Morgan fingerprint density at radius 2 is 1.58 bits per heavy atom. The Labute approximate surface area is 329 Å². The van der Waals surface area contributed by atoms with Crippen molar-refractivity contribution in [1.29, 1.82) is 0 Å². The van der Waals surface area contributed by atoms with Crippen LogP contribution < -0.4 is 31.9 Å². The molecule has 3 heterocycles. The number of halogens is 1. The van der Waals surface area contributed by atoms with Gasteiger partial charge in [-0.05, 0) is 63.1 Å². The molecule has 7 N–H and O–H groups in total. The monoisotopic (exact) mass is 799 g/mol. The van der Waals surface area contributed by atoms with Crippen molar-refractivity contribution in [2.75, 3.05) is 6.54 Å². The lowest BCUT2D eigenvalue weighted by Gasteiger charge is -2.31. The van der Waals surface area contributed by atoms with Crippen LogP contribution in [0.4, 0.5) is 0 Å². The summed E-state index contributed by atoms with van der Waals surface area (Å²) in [5.74, 6) is -4.97. The van der Waals surface area contributed by atoms with Gasteiger partial charge in [-0.2, -0.15) is 0 Å². The smallest absolute Gasteiger partial charge is 0.261 e. The minimum atomic E-state index is -1.52. The molecule has 3 fully saturated rings. The molecule has 1 saturated carbocycles. The number of hydrogen-bond acceptors (Lipinski definition) is 9. The van der Waals surface area contributed by atoms with Crippen LogP contribution in [-0.2, 0) is 35.2 Å². The van der Waals surface area contributed by atoms with Gasteiger partial charge in [-0.25, -0.2) is 0 Å². The van der Waals surface area contributed by atoms with Gasteiger partial charge in [-0.3, -0.25) is 33.6 Å². The second kappa shape index (κ2) is 18.4. The van der Waals surface area contributed by atoms with E-state index in [1.165, 1.54) is 18.7 Å². The van der Waals surface area contributed by atoms with E-state index < -0.39 is 95.7 Å². The first-order valence-electron chi connectivity index (χ1n) is 18.7. The molecule has 298 valence electrons. The topological polar surface area (TPSA) is 215 Å². The molecule has 0 radical (unpaired) electrons. The summed E-state index contributed by atoms with van der Waals surface area (Å²) in [4.78, 5) is 98.3. The summed E-state index contributed by atoms with van der Waals surface area (Å²) in [6.07, 6.45) is 0.392. The maximum Gasteiger partial charge on any atom is 0.261 e. The summed E-state index contributed by atoms with van der Waals surface area (Å²) >= 11 is 7.13. The highest BCUT2D eigenvalue weighted by molar-refractivity contribution is 7.18. The zero-order valence-corrected chi connectivity index (χ0v) is 32.9. The van der Waals surface area contributed by atoms with Gasteiger partial charge in [0.1, 0.15) is 30.2 Å². The summed E-state index contributed by atoms with van der Waals surface area (Å²) in [6.45, 7) is 6.47. The molecule has 17 heteroatoms. The van der Waals surface area contributed by atoms with Gasteiger partial charge in [-0.15, -0.1) is 11.3 Å². The summed E-state index contributed by atoms with van der Waals surface area (Å²) in [6, 6.07) is 4.64. The number of benzene rings is 1. The third kappa shape index (κ3) is 10.6. The molecule has 1 aromatic carbocycles. The highest BCUT2D eigenvalue weighted by atomic mass is 35.5. The van der Waals surface area contributed by atoms with E-state index in [1.54, 1.807) is 42.5 Å². The molecule has 55 heavy (non-hydrogen) atoms. The number of aliphatic hydroxyl groups is 1. The fourth-order valence-corrected chi connectivity index (χ4v) is 8.35. The van der Waals surface area contributed by atoms with E-state index in [9.17, 15) is 38.7 Å². The van der Waals surface area contributed by atoms with E-state index >= 15 is 0 Å². The Kier molecular flexibility index (Phi) is 13.9. The Hall–Kier alpha value is -4.54. The van der Waals surface area contributed by atoms with Crippen molar-refractivity contribution in [2.45, 2.75) is 115 Å². The van der Waals surface area contributed by atoms with Crippen molar-refractivity contribution >= 4 is 64.3 Å². The number of fused-ring (bicyclic) bond motifs is 2. The van der Waals surface area contributed by atoms with Gasteiger partial charge in [0.25, 0.3) is 5.91 Å². The van der Waals surface area contributed by atoms with E-state index in [-0.39, 0.29) is 31.7 Å². The molecule has 2 aromatic rings. The second-order valence-electron chi connectivity index (χ2n) is 15.1. The number of nitrogens with one attached hydrogen (secondary N) is 6. The van der Waals surface area contributed by atoms with Gasteiger partial charge in [-0.1, -0.05) is 62.2 Å². The van der Waals surface area contributed by atoms with Crippen molar-refractivity contribution < 1.29 is 38.7 Å². The lowest BCUT2D eigenvalue weighted by atomic mass is 9.98. The van der Waals surface area contributed by atoms with Gasteiger partial charge in [0.15, 0.2) is 0 Å². The second-order valence-corrected chi connectivity index (χ2v) is 16.8. The van der Waals surface area contributed by atoms with Crippen LogP contribution in [0.25, 0.3) is 0 Å². The Bertz CT molecular complexity index is 1760. The average Bonchev–Trinajstić information content (AvgIpc) is 3.89. The standard InChI is InChI=1S/C38H50ClN7O8S/c1-19(2)15-26-34(50)45-31(21(4)47)37(53)44-27(16-22-9-6-5-7-10-22)38(54)46-18-23(41-36(52)29-13-14-30(39)55-29)17-28(46)35(51)40-20(3)32(48)42-25-12-8-11-24(25)33(49)43-26/h5-7,9-10,13-14,19-21,23-28,31,47H,8,11-12,15-18H2,1-4H3,(H,40,51)(H,41,52)(H,42,48)(H,43,49)(H,44,53)(H,45,50)/t20-,21+,23+,24+,25+,26-,27-,28?,31-/m0/s1. The van der Waals surface area contributed by atoms with Gasteiger partial charge >= 0.3 is 0 Å². The molecular formula is C38H50ClN7O8S. The van der Waals surface area contributed by atoms with Gasteiger partial charge < -0.3 is 41.9 Å². The maximum atomic E-state index is 14.6. The molecule has 0 spiro atoms. The number of carbonyl (C=O) groups is 7. The van der Waals surface area contributed by atoms with Gasteiger partial charge in [0.05, 0.1) is 21.2 Å². The van der Waals surface area contributed by atoms with Crippen molar-refractivity contribution in [3.8, 4) is 0 Å². The van der Waals surface area contributed by atoms with E-state index in [0.29, 0.717) is 34.0 Å². The predicted octanol–water partition coefficient (Wildman–Crippen LogP) is 1.03. The van der Waals surface area contributed by atoms with Gasteiger partial charge in [0, 0.05) is 25.0 Å². The molecule has 15 nitrogen and oxygen atoms in total. The molecule has 1 aliphatic carbocycles. The first-order chi connectivity index (χ1) is 26.1. The average molecular weight is 800 g/mol. The quantitative estimate of drug-likeness (QED) is 0.214. The van der Waals surface area contributed by atoms with Crippen LogP contribution in [-0.4, -0.2) is 106 Å². The molecule has 5 rings (SSSR count). The van der Waals surface area contributed by atoms with Crippen molar-refractivity contribution in [3.63, 3.8) is 0 Å². The zero-order valence-electron chi connectivity index (χ0n) is 31.3. The van der Waals surface area contributed by atoms with Crippen LogP contribution in [0.15, 0.2) is 42.5 Å². The van der Waals surface area contributed by atoms with E-state index in [0.717, 1.165) is 11.3 Å². The Balaban J connectivity index is 1.51. The lowest BCUT2D eigenvalue weighted by molar-refractivity contribution is -0.143. The van der Waals surface area contributed by atoms with Crippen LogP contribution in [0.2, 0.25) is 4.34 Å². The number of thiophene rings is 1. The molecule has 7 amide bonds. The number of rotatable bonds is 7. The number of aliphatic hydroxyl groups excluding tert-OH is 1. The minimum absolute atomic E-state index is 0.00275. The SMILES string of the molecule is CC(C)C[C@@H]1NC(=O)[C@@H]2CCC[C@H]2NC(=O)[C@H](C)NC(=O)C2C[C@@H](NC(=O)c3ccc(Cl)s3)CN2C(=O)[C@H](Cc2ccccc2)NC(=O)[C@H]([C@@H](C)O)NC1=O. The van der Waals surface area contributed by atoms with E-state index in [1.807, 2.05) is 13.8 Å². The first kappa shape index (κ1) is 41.6. The number of amides is 7. The largest absolute Gasteiger partial charge is 0.391 e. The third-order valence-corrected chi connectivity index (χ3v) is 11.5. The Morgan fingerprint density at radius 3 is 2.24 bits per heavy atom. The third-order valence-electron chi connectivity index (χ3n) is 10.3. The van der Waals surface area contributed by atoms with Crippen LogP contribution >= 0.6 is 22.9 Å². The van der Waals surface area contributed by atoms with Crippen LogP contribution in [0.5, 0.6) is 0 Å². The molecule has 9 atom stereocenters. The molecule has 0 bridgehead atoms. The summed E-state index contributed by atoms with van der Waals surface area (Å²) < 4.78 is 0.412. The van der Waals surface area contributed by atoms with Crippen LogP contribution in [0.1, 0.15) is 75.0 Å². The fraction of sp³-hybridized carbons (Fsp3) is 0.553.